The van der Waals surface area contributed by atoms with E-state index >= 15 is 0 Å². The summed E-state index contributed by atoms with van der Waals surface area (Å²) in [6, 6.07) is 12.6. The van der Waals surface area contributed by atoms with Gasteiger partial charge < -0.3 is 9.64 Å². The van der Waals surface area contributed by atoms with Gasteiger partial charge in [-0.2, -0.15) is 15.5 Å². The molecule has 0 amide bonds. The number of rotatable bonds is 6. The molecule has 0 spiro atoms. The number of nitriles is 1. The van der Waals surface area contributed by atoms with Gasteiger partial charge in [-0.1, -0.05) is 6.07 Å². The van der Waals surface area contributed by atoms with Gasteiger partial charge in [0.1, 0.15) is 11.9 Å². The first-order valence-electron chi connectivity index (χ1n) is 13.6. The Kier molecular flexibility index (Phi) is 6.13. The standard InChI is InChI=1S/C30H29N9O/c1-40-29-7-4-21(15-33-29)19-36-9-11-37(12-10-36)28-6-5-22(16-32-28)25-13-23(20-39-30(25)24(14-31)17-34-39)26-18-35-38-8-2-3-27(26)38/h4-7,13,15-18,20H,2-3,8-12,19H2,1H3. The van der Waals surface area contributed by atoms with E-state index in [4.69, 9.17) is 9.72 Å². The molecule has 5 aromatic heterocycles. The smallest absolute Gasteiger partial charge is 0.212 e. The number of hydrogen-bond acceptors (Lipinski definition) is 8. The molecule has 2 aliphatic rings. The monoisotopic (exact) mass is 531 g/mol. The maximum atomic E-state index is 9.78. The van der Waals surface area contributed by atoms with Crippen LogP contribution in [0.25, 0.3) is 27.8 Å². The van der Waals surface area contributed by atoms with E-state index in [1.54, 1.807) is 13.3 Å². The van der Waals surface area contributed by atoms with Crippen LogP contribution in [0.1, 0.15) is 23.2 Å². The molecular formula is C30H29N9O. The first-order chi connectivity index (χ1) is 19.7. The molecule has 200 valence electrons. The SMILES string of the molecule is COc1ccc(CN2CCN(c3ccc(-c4cc(-c5cnn6c5CCC6)cn5ncc(C#N)c45)cn3)CC2)cn1. The average molecular weight is 532 g/mol. The van der Waals surface area contributed by atoms with Crippen molar-refractivity contribution in [3.8, 4) is 34.2 Å². The lowest BCUT2D eigenvalue weighted by molar-refractivity contribution is 0.249. The highest BCUT2D eigenvalue weighted by molar-refractivity contribution is 5.87. The summed E-state index contributed by atoms with van der Waals surface area (Å²) in [6.07, 6.45) is 11.5. The minimum atomic E-state index is 0.550. The van der Waals surface area contributed by atoms with Gasteiger partial charge in [0.15, 0.2) is 0 Å². The summed E-state index contributed by atoms with van der Waals surface area (Å²) >= 11 is 0. The van der Waals surface area contributed by atoms with E-state index in [0.717, 1.165) is 85.7 Å². The summed E-state index contributed by atoms with van der Waals surface area (Å²) in [6.45, 7) is 5.55. The van der Waals surface area contributed by atoms with Crippen LogP contribution in [0, 0.1) is 11.3 Å². The summed E-state index contributed by atoms with van der Waals surface area (Å²) in [7, 11) is 1.63. The molecular weight excluding hydrogens is 502 g/mol. The van der Waals surface area contributed by atoms with Crippen LogP contribution in [-0.2, 0) is 19.5 Å². The zero-order valence-corrected chi connectivity index (χ0v) is 22.4. The summed E-state index contributed by atoms with van der Waals surface area (Å²) in [5.41, 5.74) is 7.87. The molecule has 10 nitrogen and oxygen atoms in total. The Morgan fingerprint density at radius 3 is 2.55 bits per heavy atom. The quantitative estimate of drug-likeness (QED) is 0.326. The van der Waals surface area contributed by atoms with E-state index in [2.05, 4.69) is 60.0 Å². The van der Waals surface area contributed by atoms with Crippen molar-refractivity contribution in [2.75, 3.05) is 38.2 Å². The van der Waals surface area contributed by atoms with Gasteiger partial charge in [0.25, 0.3) is 0 Å². The maximum Gasteiger partial charge on any atom is 0.212 e. The molecule has 0 saturated carbocycles. The van der Waals surface area contributed by atoms with E-state index in [9.17, 15) is 5.26 Å². The number of aromatic nitrogens is 6. The Balaban J connectivity index is 1.12. The van der Waals surface area contributed by atoms with Crippen LogP contribution in [0.3, 0.4) is 0 Å². The number of fused-ring (bicyclic) bond motifs is 2. The molecule has 7 heterocycles. The van der Waals surface area contributed by atoms with Gasteiger partial charge in [0, 0.05) is 91.9 Å². The van der Waals surface area contributed by atoms with Crippen LogP contribution in [-0.4, -0.2) is 67.6 Å². The van der Waals surface area contributed by atoms with Gasteiger partial charge in [-0.3, -0.25) is 9.58 Å². The summed E-state index contributed by atoms with van der Waals surface area (Å²) in [5, 5.41) is 18.9. The van der Waals surface area contributed by atoms with Gasteiger partial charge in [0.05, 0.1) is 30.6 Å². The van der Waals surface area contributed by atoms with Gasteiger partial charge in [-0.25, -0.2) is 14.5 Å². The Hall–Kier alpha value is -4.75. The fourth-order valence-electron chi connectivity index (χ4n) is 5.83. The molecule has 0 atom stereocenters. The molecule has 7 rings (SSSR count). The maximum absolute atomic E-state index is 9.78. The molecule has 5 aromatic rings. The number of pyridine rings is 3. The van der Waals surface area contributed by atoms with E-state index in [0.29, 0.717) is 11.4 Å². The third-order valence-electron chi connectivity index (χ3n) is 7.94. The van der Waals surface area contributed by atoms with Crippen LogP contribution in [0.2, 0.25) is 0 Å². The topological polar surface area (TPSA) is 100 Å². The third kappa shape index (κ3) is 4.34. The number of methoxy groups -OCH3 is 1. The van der Waals surface area contributed by atoms with Crippen molar-refractivity contribution in [3.63, 3.8) is 0 Å². The number of ether oxygens (including phenoxy) is 1. The second-order valence-electron chi connectivity index (χ2n) is 10.3. The van der Waals surface area contributed by atoms with Crippen LogP contribution in [0.4, 0.5) is 5.82 Å². The van der Waals surface area contributed by atoms with Crippen LogP contribution in [0.15, 0.2) is 61.3 Å². The van der Waals surface area contributed by atoms with Crippen molar-refractivity contribution in [2.24, 2.45) is 0 Å². The van der Waals surface area contributed by atoms with E-state index < -0.39 is 0 Å². The van der Waals surface area contributed by atoms with Crippen LogP contribution >= 0.6 is 0 Å². The predicted molar refractivity (Wildman–Crippen MR) is 151 cm³/mol. The lowest BCUT2D eigenvalue weighted by atomic mass is 9.99. The predicted octanol–water partition coefficient (Wildman–Crippen LogP) is 3.80. The molecule has 10 heteroatoms. The number of nitrogens with zero attached hydrogens (tertiary/aromatic N) is 9. The Bertz CT molecular complexity index is 1710. The summed E-state index contributed by atoms with van der Waals surface area (Å²) < 4.78 is 9.07. The first-order valence-corrected chi connectivity index (χ1v) is 13.6. The molecule has 1 saturated heterocycles. The van der Waals surface area contributed by atoms with Crippen molar-refractivity contribution >= 4 is 11.3 Å². The number of hydrogen-bond donors (Lipinski definition) is 0. The molecule has 0 aromatic carbocycles. The van der Waals surface area contributed by atoms with Crippen LogP contribution < -0.4 is 9.64 Å². The van der Waals surface area contributed by atoms with Crippen molar-refractivity contribution < 1.29 is 4.74 Å². The Labute approximate surface area is 232 Å². The lowest BCUT2D eigenvalue weighted by Crippen LogP contribution is -2.46. The fraction of sp³-hybridized carbons (Fsp3) is 0.300. The van der Waals surface area contributed by atoms with Gasteiger partial charge in [-0.15, -0.1) is 0 Å². The molecule has 0 radical (unpaired) electrons. The van der Waals surface area contributed by atoms with Gasteiger partial charge in [-0.05, 0) is 36.6 Å². The molecule has 0 bridgehead atoms. The Morgan fingerprint density at radius 2 is 1.80 bits per heavy atom. The van der Waals surface area contributed by atoms with Crippen LogP contribution in [0.5, 0.6) is 5.88 Å². The van der Waals surface area contributed by atoms with E-state index in [-0.39, 0.29) is 0 Å². The van der Waals surface area contributed by atoms with E-state index in [1.807, 2.05) is 35.4 Å². The molecule has 0 N–H and O–H groups in total. The minimum Gasteiger partial charge on any atom is -0.481 e. The largest absolute Gasteiger partial charge is 0.481 e. The molecule has 1 fully saturated rings. The molecule has 40 heavy (non-hydrogen) atoms. The normalized spacial score (nSPS) is 15.3. The minimum absolute atomic E-state index is 0.550. The van der Waals surface area contributed by atoms with Crippen molar-refractivity contribution in [1.29, 1.82) is 5.26 Å². The molecule has 0 aliphatic carbocycles. The van der Waals surface area contributed by atoms with E-state index in [1.165, 1.54) is 11.3 Å². The number of piperazine rings is 1. The highest BCUT2D eigenvalue weighted by Gasteiger charge is 2.22. The first kappa shape index (κ1) is 24.3. The zero-order chi connectivity index (χ0) is 27.1. The summed E-state index contributed by atoms with van der Waals surface area (Å²) in [4.78, 5) is 13.9. The average Bonchev–Trinajstić information content (AvgIpc) is 3.74. The highest BCUT2D eigenvalue weighted by Crippen LogP contribution is 2.35. The van der Waals surface area contributed by atoms with Crippen molar-refractivity contribution in [2.45, 2.75) is 25.9 Å². The second kappa shape index (κ2) is 10.1. The van der Waals surface area contributed by atoms with Crippen molar-refractivity contribution in [3.05, 3.63) is 78.1 Å². The van der Waals surface area contributed by atoms with Gasteiger partial charge in [0.2, 0.25) is 5.88 Å². The number of anilines is 1. The molecule has 2 aliphatic heterocycles. The van der Waals surface area contributed by atoms with Gasteiger partial charge >= 0.3 is 0 Å². The highest BCUT2D eigenvalue weighted by atomic mass is 16.5. The second-order valence-corrected chi connectivity index (χ2v) is 10.3. The van der Waals surface area contributed by atoms with Crippen molar-refractivity contribution in [1.82, 2.24) is 34.3 Å². The lowest BCUT2D eigenvalue weighted by Gasteiger charge is -2.35. The number of aryl methyl sites for hydroxylation is 1. The third-order valence-corrected chi connectivity index (χ3v) is 7.94. The summed E-state index contributed by atoms with van der Waals surface area (Å²) in [5.74, 6) is 1.60. The Morgan fingerprint density at radius 1 is 0.900 bits per heavy atom. The fourth-order valence-corrected chi connectivity index (χ4v) is 5.83. The molecule has 0 unspecified atom stereocenters. The zero-order valence-electron chi connectivity index (χ0n) is 22.4.